The van der Waals surface area contributed by atoms with E-state index in [0.29, 0.717) is 28.3 Å². The van der Waals surface area contributed by atoms with E-state index in [-0.39, 0.29) is 5.75 Å². The number of nitrogens with one attached hydrogen (secondary N) is 2. The summed E-state index contributed by atoms with van der Waals surface area (Å²) in [5.74, 6) is 0.512. The number of hydrogen-bond donors (Lipinski definition) is 3. The molecule has 0 spiro atoms. The molecule has 2 aromatic heterocycles. The van der Waals surface area contributed by atoms with Crippen LogP contribution in [0.4, 0.5) is 0 Å². The summed E-state index contributed by atoms with van der Waals surface area (Å²) in [6.45, 7) is 0. The molecule has 0 aliphatic rings. The second-order valence-electron chi connectivity index (χ2n) is 5.09. The van der Waals surface area contributed by atoms with E-state index in [0.717, 1.165) is 11.1 Å². The highest BCUT2D eigenvalue weighted by Gasteiger charge is 2.18. The number of rotatable bonds is 2. The topological polar surface area (TPSA) is 101 Å². The van der Waals surface area contributed by atoms with Gasteiger partial charge in [0.05, 0.1) is 22.7 Å². The third kappa shape index (κ3) is 2.12. The molecule has 0 saturated heterocycles. The van der Waals surface area contributed by atoms with E-state index in [1.54, 1.807) is 18.2 Å². The Morgan fingerprint density at radius 2 is 1.91 bits per heavy atom. The van der Waals surface area contributed by atoms with Crippen LogP contribution < -0.4 is 0 Å². The van der Waals surface area contributed by atoms with Gasteiger partial charge < -0.3 is 10.1 Å². The van der Waals surface area contributed by atoms with Crippen LogP contribution in [0.3, 0.4) is 0 Å². The van der Waals surface area contributed by atoms with Gasteiger partial charge in [-0.2, -0.15) is 10.4 Å². The van der Waals surface area contributed by atoms with Gasteiger partial charge in [0.25, 0.3) is 0 Å². The van der Waals surface area contributed by atoms with Crippen molar-refractivity contribution in [3.63, 3.8) is 0 Å². The molecule has 6 nitrogen and oxygen atoms in total. The number of imidazole rings is 1. The molecule has 0 saturated carbocycles. The van der Waals surface area contributed by atoms with Gasteiger partial charge in [0, 0.05) is 5.56 Å². The molecule has 23 heavy (non-hydrogen) atoms. The minimum atomic E-state index is 0.0377. The smallest absolute Gasteiger partial charge is 0.172 e. The molecular formula is C17H11N5O. The molecule has 4 aromatic rings. The minimum absolute atomic E-state index is 0.0377. The van der Waals surface area contributed by atoms with Crippen LogP contribution in [-0.2, 0) is 0 Å². The lowest BCUT2D eigenvalue weighted by Crippen LogP contribution is -1.80. The number of nitrogens with zero attached hydrogens (tertiary/aromatic N) is 3. The zero-order valence-corrected chi connectivity index (χ0v) is 11.9. The number of aromatic hydroxyl groups is 1. The monoisotopic (exact) mass is 301 g/mol. The molecule has 0 unspecified atom stereocenters. The normalized spacial score (nSPS) is 10.7. The molecule has 0 aliphatic carbocycles. The Hall–Kier alpha value is -3.59. The van der Waals surface area contributed by atoms with Gasteiger partial charge in [-0.25, -0.2) is 4.98 Å². The summed E-state index contributed by atoms with van der Waals surface area (Å²) in [7, 11) is 0. The Bertz CT molecular complexity index is 1040. The molecule has 0 radical (unpaired) electrons. The van der Waals surface area contributed by atoms with Gasteiger partial charge in [-0.3, -0.25) is 5.10 Å². The summed E-state index contributed by atoms with van der Waals surface area (Å²) in [6.07, 6.45) is 0. The summed E-state index contributed by atoms with van der Waals surface area (Å²) in [5, 5.41) is 26.4. The molecule has 0 aliphatic heterocycles. The predicted octanol–water partition coefficient (Wildman–Crippen LogP) is 3.20. The van der Waals surface area contributed by atoms with Crippen LogP contribution >= 0.6 is 0 Å². The second-order valence-corrected chi connectivity index (χ2v) is 5.09. The SMILES string of the molecule is N#Cc1ccc2nc(-c3[nH]nc(-c4ccccc4)c3O)[nH]c2c1. The fourth-order valence-corrected chi connectivity index (χ4v) is 2.50. The van der Waals surface area contributed by atoms with Crippen molar-refractivity contribution in [3.8, 4) is 34.6 Å². The maximum Gasteiger partial charge on any atom is 0.172 e. The molecule has 0 atom stereocenters. The van der Waals surface area contributed by atoms with E-state index in [1.165, 1.54) is 0 Å². The predicted molar refractivity (Wildman–Crippen MR) is 85.5 cm³/mol. The lowest BCUT2D eigenvalue weighted by atomic mass is 10.1. The van der Waals surface area contributed by atoms with Crippen molar-refractivity contribution in [1.82, 2.24) is 20.2 Å². The Kier molecular flexibility index (Phi) is 2.85. The number of H-pyrrole nitrogens is 2. The van der Waals surface area contributed by atoms with Crippen LogP contribution in [0.5, 0.6) is 5.75 Å². The van der Waals surface area contributed by atoms with Gasteiger partial charge in [0.2, 0.25) is 0 Å². The first-order valence-corrected chi connectivity index (χ1v) is 6.99. The van der Waals surface area contributed by atoms with E-state index < -0.39 is 0 Å². The molecule has 4 rings (SSSR count). The largest absolute Gasteiger partial charge is 0.504 e. The molecule has 0 fully saturated rings. The maximum atomic E-state index is 10.5. The van der Waals surface area contributed by atoms with Crippen molar-refractivity contribution in [2.75, 3.05) is 0 Å². The second kappa shape index (κ2) is 5.00. The standard InChI is InChI=1S/C17H11N5O/c18-9-10-6-7-12-13(8-10)20-17(19-12)15-16(23)14(21-22-15)11-4-2-1-3-5-11/h1-8,23H,(H,19,20)(H,21,22). The highest BCUT2D eigenvalue weighted by Crippen LogP contribution is 2.35. The molecule has 2 aromatic carbocycles. The molecule has 0 amide bonds. The molecule has 110 valence electrons. The Balaban J connectivity index is 1.83. The van der Waals surface area contributed by atoms with Crippen LogP contribution in [-0.4, -0.2) is 25.3 Å². The summed E-state index contributed by atoms with van der Waals surface area (Å²) in [4.78, 5) is 7.53. The van der Waals surface area contributed by atoms with Crippen LogP contribution in [0, 0.1) is 11.3 Å². The van der Waals surface area contributed by atoms with Crippen LogP contribution in [0.2, 0.25) is 0 Å². The highest BCUT2D eigenvalue weighted by molar-refractivity contribution is 5.83. The Morgan fingerprint density at radius 3 is 2.70 bits per heavy atom. The highest BCUT2D eigenvalue weighted by atomic mass is 16.3. The first-order valence-electron chi connectivity index (χ1n) is 6.99. The Morgan fingerprint density at radius 1 is 1.09 bits per heavy atom. The lowest BCUT2D eigenvalue weighted by molar-refractivity contribution is 0.479. The van der Waals surface area contributed by atoms with Crippen molar-refractivity contribution in [2.45, 2.75) is 0 Å². The van der Waals surface area contributed by atoms with Gasteiger partial charge in [0.15, 0.2) is 11.6 Å². The third-order valence-corrected chi connectivity index (χ3v) is 3.64. The summed E-state index contributed by atoms with van der Waals surface area (Å²) >= 11 is 0. The first kappa shape index (κ1) is 13.1. The van der Waals surface area contributed by atoms with Crippen molar-refractivity contribution in [2.24, 2.45) is 0 Å². The van der Waals surface area contributed by atoms with Gasteiger partial charge in [-0.1, -0.05) is 30.3 Å². The number of benzene rings is 2. The van der Waals surface area contributed by atoms with Crippen LogP contribution in [0.25, 0.3) is 33.8 Å². The van der Waals surface area contributed by atoms with Gasteiger partial charge in [-0.15, -0.1) is 0 Å². The van der Waals surface area contributed by atoms with E-state index in [1.807, 2.05) is 30.3 Å². The fraction of sp³-hybridized carbons (Fsp3) is 0. The summed E-state index contributed by atoms with van der Waals surface area (Å²) in [6, 6.07) is 16.7. The average molecular weight is 301 g/mol. The number of aromatic amines is 2. The molecule has 0 bridgehead atoms. The lowest BCUT2D eigenvalue weighted by Gasteiger charge is -1.97. The van der Waals surface area contributed by atoms with Gasteiger partial charge in [0.1, 0.15) is 11.4 Å². The van der Waals surface area contributed by atoms with Gasteiger partial charge in [-0.05, 0) is 18.2 Å². The van der Waals surface area contributed by atoms with E-state index in [4.69, 9.17) is 5.26 Å². The summed E-state index contributed by atoms with van der Waals surface area (Å²) in [5.41, 5.74) is 3.70. The maximum absolute atomic E-state index is 10.5. The van der Waals surface area contributed by atoms with E-state index in [2.05, 4.69) is 26.2 Å². The minimum Gasteiger partial charge on any atom is -0.504 e. The van der Waals surface area contributed by atoms with E-state index >= 15 is 0 Å². The first-order chi connectivity index (χ1) is 11.3. The Labute approximate surface area is 131 Å². The number of fused-ring (bicyclic) bond motifs is 1. The number of hydrogen-bond acceptors (Lipinski definition) is 4. The molecule has 2 heterocycles. The van der Waals surface area contributed by atoms with Crippen molar-refractivity contribution in [1.29, 1.82) is 5.26 Å². The van der Waals surface area contributed by atoms with Crippen LogP contribution in [0.15, 0.2) is 48.5 Å². The zero-order chi connectivity index (χ0) is 15.8. The molecule has 3 N–H and O–H groups in total. The van der Waals surface area contributed by atoms with Crippen molar-refractivity contribution < 1.29 is 5.11 Å². The van der Waals surface area contributed by atoms with Crippen LogP contribution in [0.1, 0.15) is 5.56 Å². The summed E-state index contributed by atoms with van der Waals surface area (Å²) < 4.78 is 0. The third-order valence-electron chi connectivity index (χ3n) is 3.64. The molecule has 6 heteroatoms. The zero-order valence-electron chi connectivity index (χ0n) is 11.9. The number of aromatic nitrogens is 4. The average Bonchev–Trinajstić information content (AvgIpc) is 3.17. The quantitative estimate of drug-likeness (QED) is 0.529. The van der Waals surface area contributed by atoms with E-state index in [9.17, 15) is 5.11 Å². The van der Waals surface area contributed by atoms with Crippen molar-refractivity contribution >= 4 is 11.0 Å². The molecular weight excluding hydrogens is 290 g/mol. The number of nitriles is 1. The van der Waals surface area contributed by atoms with Gasteiger partial charge >= 0.3 is 0 Å². The fourth-order valence-electron chi connectivity index (χ4n) is 2.50. The van der Waals surface area contributed by atoms with Crippen molar-refractivity contribution in [3.05, 3.63) is 54.1 Å².